The molecule has 0 saturated heterocycles. The number of hydrogen-bond acceptors (Lipinski definition) is 5. The predicted octanol–water partition coefficient (Wildman–Crippen LogP) is 2.61. The van der Waals surface area contributed by atoms with Crippen molar-refractivity contribution in [1.29, 1.82) is 0 Å². The molecule has 2 unspecified atom stereocenters. The minimum atomic E-state index is -0.747. The highest BCUT2D eigenvalue weighted by Crippen LogP contribution is 2.41. The molecule has 18 heavy (non-hydrogen) atoms. The van der Waals surface area contributed by atoms with Crippen LogP contribution in [-0.4, -0.2) is 32.9 Å². The van der Waals surface area contributed by atoms with E-state index in [1.165, 1.54) is 0 Å². The molecule has 1 aliphatic rings. The molecule has 1 fully saturated rings. The summed E-state index contributed by atoms with van der Waals surface area (Å²) in [5.74, 6) is -0.724. The highest BCUT2D eigenvalue weighted by Gasteiger charge is 2.46. The van der Waals surface area contributed by atoms with Gasteiger partial charge in [0.2, 0.25) is 0 Å². The first-order valence-electron chi connectivity index (χ1n) is 6.09. The molecule has 0 bridgehead atoms. The third kappa shape index (κ3) is 3.05. The van der Waals surface area contributed by atoms with Crippen LogP contribution in [0.2, 0.25) is 0 Å². The van der Waals surface area contributed by atoms with Gasteiger partial charge in [0.1, 0.15) is 9.88 Å². The molecule has 4 nitrogen and oxygen atoms in total. The van der Waals surface area contributed by atoms with Crippen molar-refractivity contribution in [2.24, 2.45) is 0 Å². The topological polar surface area (TPSA) is 62.2 Å². The molecule has 100 valence electrons. The number of carbonyl (C=O) groups is 1. The van der Waals surface area contributed by atoms with Gasteiger partial charge in [0, 0.05) is 22.9 Å². The maximum atomic E-state index is 11.5. The lowest BCUT2D eigenvalue weighted by Crippen LogP contribution is -2.53. The Bertz CT molecular complexity index is 408. The minimum absolute atomic E-state index is 0.185. The van der Waals surface area contributed by atoms with E-state index < -0.39 is 11.5 Å². The first-order chi connectivity index (χ1) is 8.52. The van der Waals surface area contributed by atoms with Gasteiger partial charge >= 0.3 is 5.97 Å². The number of thiazole rings is 1. The lowest BCUT2D eigenvalue weighted by atomic mass is 9.97. The van der Waals surface area contributed by atoms with E-state index in [9.17, 15) is 9.90 Å². The van der Waals surface area contributed by atoms with Crippen LogP contribution in [0.25, 0.3) is 0 Å². The number of nitrogens with one attached hydrogen (secondary N) is 1. The average molecular weight is 286 g/mol. The summed E-state index contributed by atoms with van der Waals surface area (Å²) in [6, 6.07) is 0.185. The standard InChI is InChI=1S/C12H18N2O2S2/c1-8(2)14-12(10(15)16)4-3-9(7-12)18-11-13-5-6-17-11/h5-6,8-9,14H,3-4,7H2,1-2H3,(H,15,16). The van der Waals surface area contributed by atoms with Crippen molar-refractivity contribution in [3.63, 3.8) is 0 Å². The summed E-state index contributed by atoms with van der Waals surface area (Å²) in [4.78, 5) is 15.8. The van der Waals surface area contributed by atoms with E-state index in [2.05, 4.69) is 10.3 Å². The summed E-state index contributed by atoms with van der Waals surface area (Å²) >= 11 is 3.32. The van der Waals surface area contributed by atoms with Gasteiger partial charge in [-0.2, -0.15) is 0 Å². The van der Waals surface area contributed by atoms with Gasteiger partial charge in [0.05, 0.1) is 0 Å². The van der Waals surface area contributed by atoms with Crippen molar-refractivity contribution < 1.29 is 9.90 Å². The van der Waals surface area contributed by atoms with Crippen LogP contribution < -0.4 is 5.32 Å². The molecule has 0 spiro atoms. The molecule has 1 aromatic rings. The average Bonchev–Trinajstić information content (AvgIpc) is 2.89. The van der Waals surface area contributed by atoms with Crippen LogP contribution in [0.3, 0.4) is 0 Å². The van der Waals surface area contributed by atoms with Crippen molar-refractivity contribution in [3.05, 3.63) is 11.6 Å². The summed E-state index contributed by atoms with van der Waals surface area (Å²) in [6.07, 6.45) is 4.09. The van der Waals surface area contributed by atoms with Crippen molar-refractivity contribution in [3.8, 4) is 0 Å². The molecule has 1 saturated carbocycles. The third-order valence-corrected chi connectivity index (χ3v) is 5.31. The number of hydrogen-bond donors (Lipinski definition) is 2. The van der Waals surface area contributed by atoms with Gasteiger partial charge in [0.25, 0.3) is 0 Å². The molecule has 1 aliphatic carbocycles. The fraction of sp³-hybridized carbons (Fsp3) is 0.667. The van der Waals surface area contributed by atoms with Gasteiger partial charge in [-0.15, -0.1) is 11.3 Å². The second-order valence-electron chi connectivity index (χ2n) is 4.97. The smallest absolute Gasteiger partial charge is 0.323 e. The number of aromatic nitrogens is 1. The molecule has 2 N–H and O–H groups in total. The molecule has 6 heteroatoms. The molecule has 1 aromatic heterocycles. The van der Waals surface area contributed by atoms with Crippen molar-refractivity contribution in [2.75, 3.05) is 0 Å². The van der Waals surface area contributed by atoms with E-state index in [1.54, 1.807) is 29.3 Å². The normalized spacial score (nSPS) is 27.8. The van der Waals surface area contributed by atoms with Gasteiger partial charge in [-0.3, -0.25) is 10.1 Å². The van der Waals surface area contributed by atoms with Gasteiger partial charge in [-0.05, 0) is 33.1 Å². The summed E-state index contributed by atoms with van der Waals surface area (Å²) in [5.41, 5.74) is -0.747. The molecule has 0 amide bonds. The second kappa shape index (κ2) is 5.59. The molecule has 0 aliphatic heterocycles. The Balaban J connectivity index is 2.01. The molecule has 2 rings (SSSR count). The van der Waals surface area contributed by atoms with Gasteiger partial charge in [0.15, 0.2) is 0 Å². The van der Waals surface area contributed by atoms with Crippen LogP contribution in [0.1, 0.15) is 33.1 Å². The van der Waals surface area contributed by atoms with E-state index in [-0.39, 0.29) is 6.04 Å². The minimum Gasteiger partial charge on any atom is -0.480 e. The fourth-order valence-corrected chi connectivity index (χ4v) is 4.62. The van der Waals surface area contributed by atoms with Crippen molar-refractivity contribution in [2.45, 2.75) is 54.3 Å². The highest BCUT2D eigenvalue weighted by atomic mass is 32.2. The fourth-order valence-electron chi connectivity index (χ4n) is 2.45. The summed E-state index contributed by atoms with van der Waals surface area (Å²) < 4.78 is 1.03. The molecular weight excluding hydrogens is 268 g/mol. The van der Waals surface area contributed by atoms with Crippen LogP contribution in [0, 0.1) is 0 Å². The largest absolute Gasteiger partial charge is 0.480 e. The Labute approximate surface area is 115 Å². The first-order valence-corrected chi connectivity index (χ1v) is 7.85. The Morgan fingerprint density at radius 2 is 2.50 bits per heavy atom. The zero-order valence-electron chi connectivity index (χ0n) is 10.5. The Morgan fingerprint density at radius 1 is 1.72 bits per heavy atom. The zero-order chi connectivity index (χ0) is 13.2. The van der Waals surface area contributed by atoms with E-state index in [4.69, 9.17) is 0 Å². The summed E-state index contributed by atoms with van der Waals surface area (Å²) in [7, 11) is 0. The van der Waals surface area contributed by atoms with Crippen LogP contribution in [-0.2, 0) is 4.79 Å². The number of nitrogens with zero attached hydrogens (tertiary/aromatic N) is 1. The Kier molecular flexibility index (Phi) is 4.29. The lowest BCUT2D eigenvalue weighted by molar-refractivity contribution is -0.145. The van der Waals surface area contributed by atoms with E-state index in [0.29, 0.717) is 18.1 Å². The molecule has 1 heterocycles. The molecular formula is C12H18N2O2S2. The lowest BCUT2D eigenvalue weighted by Gasteiger charge is -2.28. The maximum absolute atomic E-state index is 11.5. The molecule has 2 atom stereocenters. The maximum Gasteiger partial charge on any atom is 0.323 e. The number of thioether (sulfide) groups is 1. The number of carboxylic acid groups (broad SMARTS) is 1. The number of carboxylic acids is 1. The quantitative estimate of drug-likeness (QED) is 0.871. The summed E-state index contributed by atoms with van der Waals surface area (Å²) in [5, 5.41) is 15.0. The molecule has 0 radical (unpaired) electrons. The van der Waals surface area contributed by atoms with Crippen molar-refractivity contribution >= 4 is 29.1 Å². The van der Waals surface area contributed by atoms with E-state index in [0.717, 1.165) is 10.8 Å². The highest BCUT2D eigenvalue weighted by molar-refractivity contribution is 8.01. The number of rotatable bonds is 5. The van der Waals surface area contributed by atoms with Crippen molar-refractivity contribution in [1.82, 2.24) is 10.3 Å². The van der Waals surface area contributed by atoms with E-state index >= 15 is 0 Å². The van der Waals surface area contributed by atoms with Crippen LogP contribution in [0.4, 0.5) is 0 Å². The third-order valence-electron chi connectivity index (χ3n) is 3.12. The van der Waals surface area contributed by atoms with E-state index in [1.807, 2.05) is 19.2 Å². The first kappa shape index (κ1) is 13.8. The predicted molar refractivity (Wildman–Crippen MR) is 74.2 cm³/mol. The SMILES string of the molecule is CC(C)NC1(C(=O)O)CCC(Sc2nccs2)C1. The monoisotopic (exact) mass is 286 g/mol. The van der Waals surface area contributed by atoms with Gasteiger partial charge in [-0.25, -0.2) is 4.98 Å². The zero-order valence-corrected chi connectivity index (χ0v) is 12.2. The van der Waals surface area contributed by atoms with Gasteiger partial charge < -0.3 is 5.11 Å². The second-order valence-corrected chi connectivity index (χ2v) is 7.41. The Morgan fingerprint density at radius 3 is 3.06 bits per heavy atom. The van der Waals surface area contributed by atoms with Gasteiger partial charge in [-0.1, -0.05) is 11.8 Å². The van der Waals surface area contributed by atoms with Crippen LogP contribution in [0.5, 0.6) is 0 Å². The molecule has 0 aromatic carbocycles. The van der Waals surface area contributed by atoms with Crippen LogP contribution in [0.15, 0.2) is 15.9 Å². The van der Waals surface area contributed by atoms with Crippen LogP contribution >= 0.6 is 23.1 Å². The Hall–Kier alpha value is -0.590. The summed E-state index contributed by atoms with van der Waals surface area (Å²) in [6.45, 7) is 3.98. The number of aliphatic carboxylic acids is 1.